The van der Waals surface area contributed by atoms with Crippen LogP contribution in [0.25, 0.3) is 0 Å². The van der Waals surface area contributed by atoms with E-state index in [-0.39, 0.29) is 24.0 Å². The summed E-state index contributed by atoms with van der Waals surface area (Å²) in [6.07, 6.45) is 0.378. The van der Waals surface area contributed by atoms with Gasteiger partial charge in [-0.2, -0.15) is 0 Å². The second-order valence-electron chi connectivity index (χ2n) is 6.88. The normalized spacial score (nSPS) is 11.4. The number of nitrogens with zero attached hydrogens (tertiary/aromatic N) is 1. The fraction of sp³-hybridized carbons (Fsp3) is 0.579. The molecule has 0 aliphatic carbocycles. The Morgan fingerprint density at radius 1 is 1.04 bits per heavy atom. The summed E-state index contributed by atoms with van der Waals surface area (Å²) >= 11 is 0. The molecule has 0 unspecified atom stereocenters. The van der Waals surface area contributed by atoms with E-state index in [1.807, 2.05) is 20.8 Å². The Morgan fingerprint density at radius 2 is 1.63 bits per heavy atom. The summed E-state index contributed by atoms with van der Waals surface area (Å²) in [6.45, 7) is 8.07. The Hall–Kier alpha value is -1.55. The molecule has 0 atom stereocenters. The molecular formula is C19H33IN4O3. The molecule has 3 N–H and O–H groups in total. The van der Waals surface area contributed by atoms with E-state index in [9.17, 15) is 4.79 Å². The predicted octanol–water partition coefficient (Wildman–Crippen LogP) is 3.03. The number of amides is 1. The second-order valence-corrected chi connectivity index (χ2v) is 6.88. The van der Waals surface area contributed by atoms with Crippen molar-refractivity contribution < 1.29 is 14.3 Å². The number of hydrogen-bond acceptors (Lipinski definition) is 4. The van der Waals surface area contributed by atoms with Gasteiger partial charge in [-0.15, -0.1) is 24.0 Å². The van der Waals surface area contributed by atoms with Crippen LogP contribution >= 0.6 is 24.0 Å². The smallest absolute Gasteiger partial charge is 0.407 e. The molecule has 1 amide bonds. The van der Waals surface area contributed by atoms with Gasteiger partial charge in [-0.05, 0) is 38.3 Å². The lowest BCUT2D eigenvalue weighted by Crippen LogP contribution is -2.39. The first kappa shape index (κ1) is 25.4. The van der Waals surface area contributed by atoms with Gasteiger partial charge in [0.25, 0.3) is 0 Å². The maximum absolute atomic E-state index is 11.5. The molecular weight excluding hydrogens is 459 g/mol. The highest BCUT2D eigenvalue weighted by Gasteiger charge is 2.15. The van der Waals surface area contributed by atoms with Gasteiger partial charge < -0.3 is 25.4 Å². The van der Waals surface area contributed by atoms with Gasteiger partial charge in [0.2, 0.25) is 0 Å². The third-order valence-corrected chi connectivity index (χ3v) is 3.33. The highest BCUT2D eigenvalue weighted by molar-refractivity contribution is 14.0. The van der Waals surface area contributed by atoms with Gasteiger partial charge in [0, 0.05) is 33.8 Å². The van der Waals surface area contributed by atoms with Gasteiger partial charge in [-0.25, -0.2) is 4.79 Å². The maximum Gasteiger partial charge on any atom is 0.407 e. The van der Waals surface area contributed by atoms with E-state index < -0.39 is 11.7 Å². The number of nitrogens with one attached hydrogen (secondary N) is 3. The number of benzene rings is 1. The van der Waals surface area contributed by atoms with E-state index in [2.05, 4.69) is 45.2 Å². The summed E-state index contributed by atoms with van der Waals surface area (Å²) in [5, 5.41) is 9.22. The molecule has 0 aliphatic heterocycles. The Kier molecular flexibility index (Phi) is 12.8. The molecule has 8 heteroatoms. The van der Waals surface area contributed by atoms with Crippen molar-refractivity contribution in [2.24, 2.45) is 4.99 Å². The Labute approximate surface area is 179 Å². The number of guanidine groups is 1. The fourth-order valence-corrected chi connectivity index (χ4v) is 2.13. The van der Waals surface area contributed by atoms with Crippen molar-refractivity contribution in [3.05, 3.63) is 35.4 Å². The largest absolute Gasteiger partial charge is 0.444 e. The molecule has 0 spiro atoms. The van der Waals surface area contributed by atoms with Crippen LogP contribution in [0.5, 0.6) is 0 Å². The standard InChI is InChI=1S/C19H32N4O3.HI/c1-19(2,3)26-18(24)22-12-6-11-21-17(20-4)23-13-15-7-9-16(10-8-15)14-25-5;/h7-10H,6,11-14H2,1-5H3,(H,22,24)(H2,20,21,23);1H. The summed E-state index contributed by atoms with van der Waals surface area (Å²) in [5.41, 5.74) is 1.84. The lowest BCUT2D eigenvalue weighted by Gasteiger charge is -2.19. The number of halogens is 1. The van der Waals surface area contributed by atoms with Gasteiger partial charge in [0.05, 0.1) is 6.61 Å². The maximum atomic E-state index is 11.5. The summed E-state index contributed by atoms with van der Waals surface area (Å²) in [5.74, 6) is 0.725. The molecule has 0 bridgehead atoms. The van der Waals surface area contributed by atoms with Gasteiger partial charge in [-0.1, -0.05) is 24.3 Å². The average Bonchev–Trinajstić information content (AvgIpc) is 2.57. The fourth-order valence-electron chi connectivity index (χ4n) is 2.13. The number of ether oxygens (including phenoxy) is 2. The molecule has 7 nitrogen and oxygen atoms in total. The number of carbonyl (C=O) groups is 1. The van der Waals surface area contributed by atoms with E-state index in [1.165, 1.54) is 5.56 Å². The second kappa shape index (κ2) is 13.6. The van der Waals surface area contributed by atoms with Crippen molar-refractivity contribution in [2.75, 3.05) is 27.2 Å². The van der Waals surface area contributed by atoms with Crippen molar-refractivity contribution in [3.8, 4) is 0 Å². The van der Waals surface area contributed by atoms with E-state index in [0.717, 1.165) is 17.9 Å². The summed E-state index contributed by atoms with van der Waals surface area (Å²) in [7, 11) is 3.42. The van der Waals surface area contributed by atoms with Crippen LogP contribution in [-0.2, 0) is 22.6 Å². The lowest BCUT2D eigenvalue weighted by molar-refractivity contribution is 0.0527. The monoisotopic (exact) mass is 492 g/mol. The lowest BCUT2D eigenvalue weighted by atomic mass is 10.1. The summed E-state index contributed by atoms with van der Waals surface area (Å²) in [6, 6.07) is 8.25. The number of hydrogen-bond donors (Lipinski definition) is 3. The van der Waals surface area contributed by atoms with Crippen LogP contribution in [0, 0.1) is 0 Å². The van der Waals surface area contributed by atoms with Crippen molar-refractivity contribution in [1.82, 2.24) is 16.0 Å². The molecule has 1 rings (SSSR count). The molecule has 0 aromatic heterocycles. The van der Waals surface area contributed by atoms with Gasteiger partial charge in [-0.3, -0.25) is 4.99 Å². The van der Waals surface area contributed by atoms with Crippen molar-refractivity contribution in [1.29, 1.82) is 0 Å². The molecule has 1 aromatic rings. The molecule has 0 aliphatic rings. The van der Waals surface area contributed by atoms with Crippen LogP contribution in [0.3, 0.4) is 0 Å². The topological polar surface area (TPSA) is 84.0 Å². The first-order valence-electron chi connectivity index (χ1n) is 8.82. The van der Waals surface area contributed by atoms with Crippen LogP contribution in [0.15, 0.2) is 29.3 Å². The predicted molar refractivity (Wildman–Crippen MR) is 120 cm³/mol. The van der Waals surface area contributed by atoms with Crippen LogP contribution < -0.4 is 16.0 Å². The molecule has 0 saturated heterocycles. The van der Waals surface area contributed by atoms with E-state index in [4.69, 9.17) is 9.47 Å². The molecule has 0 heterocycles. The van der Waals surface area contributed by atoms with Crippen molar-refractivity contribution in [3.63, 3.8) is 0 Å². The van der Waals surface area contributed by atoms with Crippen molar-refractivity contribution >= 4 is 36.0 Å². The van der Waals surface area contributed by atoms with Crippen molar-refractivity contribution in [2.45, 2.75) is 45.9 Å². The number of rotatable bonds is 8. The van der Waals surface area contributed by atoms with Crippen LogP contribution in [-0.4, -0.2) is 44.9 Å². The molecule has 0 radical (unpaired) electrons. The van der Waals surface area contributed by atoms with Gasteiger partial charge in [0.1, 0.15) is 5.60 Å². The summed E-state index contributed by atoms with van der Waals surface area (Å²) in [4.78, 5) is 15.7. The van der Waals surface area contributed by atoms with Crippen LogP contribution in [0.2, 0.25) is 0 Å². The zero-order valence-corrected chi connectivity index (χ0v) is 19.3. The third-order valence-electron chi connectivity index (χ3n) is 3.33. The number of alkyl carbamates (subject to hydrolysis) is 1. The Bertz CT molecular complexity index is 571. The zero-order chi connectivity index (χ0) is 19.4. The number of methoxy groups -OCH3 is 1. The van der Waals surface area contributed by atoms with Crippen LogP contribution in [0.1, 0.15) is 38.3 Å². The molecule has 27 heavy (non-hydrogen) atoms. The SMILES string of the molecule is CN=C(NCCCNC(=O)OC(C)(C)C)NCc1ccc(COC)cc1.I. The van der Waals surface area contributed by atoms with E-state index in [1.54, 1.807) is 14.2 Å². The van der Waals surface area contributed by atoms with Gasteiger partial charge in [0.15, 0.2) is 5.96 Å². The molecule has 154 valence electrons. The van der Waals surface area contributed by atoms with E-state index in [0.29, 0.717) is 26.2 Å². The number of aliphatic imine (C=N–C) groups is 1. The summed E-state index contributed by atoms with van der Waals surface area (Å²) < 4.78 is 10.3. The highest BCUT2D eigenvalue weighted by Crippen LogP contribution is 2.06. The minimum atomic E-state index is -0.476. The first-order valence-corrected chi connectivity index (χ1v) is 8.82. The minimum Gasteiger partial charge on any atom is -0.444 e. The first-order chi connectivity index (χ1) is 12.3. The molecule has 0 saturated carbocycles. The Morgan fingerprint density at radius 3 is 2.19 bits per heavy atom. The van der Waals surface area contributed by atoms with E-state index >= 15 is 0 Å². The zero-order valence-electron chi connectivity index (χ0n) is 16.9. The third kappa shape index (κ3) is 12.5. The minimum absolute atomic E-state index is 0. The Balaban J connectivity index is 0.00000676. The molecule has 0 fully saturated rings. The van der Waals surface area contributed by atoms with Gasteiger partial charge >= 0.3 is 6.09 Å². The highest BCUT2D eigenvalue weighted by atomic mass is 127. The van der Waals surface area contributed by atoms with Crippen LogP contribution in [0.4, 0.5) is 4.79 Å². The molecule has 1 aromatic carbocycles. The quantitative estimate of drug-likeness (QED) is 0.225. The average molecular weight is 492 g/mol. The number of carbonyl (C=O) groups excluding carboxylic acids is 1.